The second kappa shape index (κ2) is 7.28. The molecule has 0 radical (unpaired) electrons. The number of aromatic nitrogens is 1. The standard InChI is InChI=1S/C25H25NS/c1-16(2)19-12-20(17(3)4)14-21(13-19)25-15-23-24(27-25)11-10-22(26-23)18-8-6-5-7-9-18/h5-17H,1-4H3. The molecule has 0 bridgehead atoms. The van der Waals surface area contributed by atoms with Crippen LogP contribution in [0.2, 0.25) is 0 Å². The van der Waals surface area contributed by atoms with Crippen molar-refractivity contribution in [1.29, 1.82) is 0 Å². The number of hydrogen-bond acceptors (Lipinski definition) is 2. The lowest BCUT2D eigenvalue weighted by Gasteiger charge is -2.13. The Hall–Kier alpha value is -2.45. The first-order valence-electron chi connectivity index (χ1n) is 9.62. The van der Waals surface area contributed by atoms with Gasteiger partial charge < -0.3 is 0 Å². The maximum Gasteiger partial charge on any atom is 0.0823 e. The van der Waals surface area contributed by atoms with Gasteiger partial charge in [-0.2, -0.15) is 0 Å². The number of hydrogen-bond donors (Lipinski definition) is 0. The van der Waals surface area contributed by atoms with Crippen LogP contribution in [0.1, 0.15) is 50.7 Å². The summed E-state index contributed by atoms with van der Waals surface area (Å²) in [5, 5.41) is 0. The molecule has 0 fully saturated rings. The first kappa shape index (κ1) is 17.9. The quantitative estimate of drug-likeness (QED) is 0.355. The Bertz CT molecular complexity index is 1050. The van der Waals surface area contributed by atoms with Crippen molar-refractivity contribution in [2.45, 2.75) is 39.5 Å². The normalized spacial score (nSPS) is 11.6. The molecular weight excluding hydrogens is 346 g/mol. The summed E-state index contributed by atoms with van der Waals surface area (Å²) in [5.41, 5.74) is 7.41. The minimum atomic E-state index is 0.527. The van der Waals surface area contributed by atoms with E-state index in [9.17, 15) is 0 Å². The van der Waals surface area contributed by atoms with Gasteiger partial charge in [-0.15, -0.1) is 11.3 Å². The molecule has 4 rings (SSSR count). The minimum Gasteiger partial charge on any atom is -0.247 e. The Kier molecular flexibility index (Phi) is 4.84. The van der Waals surface area contributed by atoms with E-state index in [1.165, 1.54) is 26.3 Å². The molecule has 0 aliphatic carbocycles. The molecule has 1 nitrogen and oxygen atoms in total. The van der Waals surface area contributed by atoms with Gasteiger partial charge in [-0.25, -0.2) is 4.98 Å². The van der Waals surface area contributed by atoms with Crippen molar-refractivity contribution in [3.63, 3.8) is 0 Å². The summed E-state index contributed by atoms with van der Waals surface area (Å²) >= 11 is 1.83. The molecule has 0 saturated heterocycles. The second-order valence-corrected chi connectivity index (χ2v) is 8.84. The summed E-state index contributed by atoms with van der Waals surface area (Å²) in [6.07, 6.45) is 0. The van der Waals surface area contributed by atoms with Crippen LogP contribution in [0.3, 0.4) is 0 Å². The number of nitrogens with zero attached hydrogens (tertiary/aromatic N) is 1. The first-order valence-corrected chi connectivity index (χ1v) is 10.4. The molecule has 0 unspecified atom stereocenters. The molecule has 0 spiro atoms. The first-order chi connectivity index (χ1) is 13.0. The van der Waals surface area contributed by atoms with Gasteiger partial charge in [0, 0.05) is 10.4 Å². The van der Waals surface area contributed by atoms with E-state index in [2.05, 4.69) is 88.4 Å². The molecule has 2 aromatic carbocycles. The summed E-state index contributed by atoms with van der Waals surface area (Å²) in [7, 11) is 0. The van der Waals surface area contributed by atoms with Gasteiger partial charge in [0.15, 0.2) is 0 Å². The van der Waals surface area contributed by atoms with Crippen LogP contribution in [-0.4, -0.2) is 4.98 Å². The smallest absolute Gasteiger partial charge is 0.0823 e. The van der Waals surface area contributed by atoms with Crippen LogP contribution < -0.4 is 0 Å². The van der Waals surface area contributed by atoms with Gasteiger partial charge in [0.2, 0.25) is 0 Å². The molecule has 0 aliphatic heterocycles. The fourth-order valence-electron chi connectivity index (χ4n) is 3.32. The maximum atomic E-state index is 4.92. The fourth-order valence-corrected chi connectivity index (χ4v) is 4.31. The molecule has 0 saturated carbocycles. The number of benzene rings is 2. The van der Waals surface area contributed by atoms with Gasteiger partial charge in [-0.05, 0) is 46.7 Å². The molecule has 2 heterocycles. The number of fused-ring (bicyclic) bond motifs is 1. The zero-order valence-corrected chi connectivity index (χ0v) is 17.2. The highest BCUT2D eigenvalue weighted by Crippen LogP contribution is 2.36. The highest BCUT2D eigenvalue weighted by molar-refractivity contribution is 7.22. The van der Waals surface area contributed by atoms with Crippen LogP contribution in [0.25, 0.3) is 31.9 Å². The Morgan fingerprint density at radius 3 is 2.00 bits per heavy atom. The van der Waals surface area contributed by atoms with Crippen LogP contribution in [0.5, 0.6) is 0 Å². The predicted octanol–water partition coefficient (Wildman–Crippen LogP) is 7.88. The average Bonchev–Trinajstić information content (AvgIpc) is 3.11. The molecule has 4 aromatic rings. The maximum absolute atomic E-state index is 4.92. The van der Waals surface area contributed by atoms with E-state index >= 15 is 0 Å². The zero-order chi connectivity index (χ0) is 19.0. The van der Waals surface area contributed by atoms with Crippen molar-refractivity contribution in [2.75, 3.05) is 0 Å². The van der Waals surface area contributed by atoms with Crippen LogP contribution in [0.15, 0.2) is 66.7 Å². The van der Waals surface area contributed by atoms with Crippen LogP contribution in [-0.2, 0) is 0 Å². The zero-order valence-electron chi connectivity index (χ0n) is 16.4. The molecule has 2 heteroatoms. The predicted molar refractivity (Wildman–Crippen MR) is 119 cm³/mol. The monoisotopic (exact) mass is 371 g/mol. The Morgan fingerprint density at radius 2 is 1.37 bits per heavy atom. The largest absolute Gasteiger partial charge is 0.247 e. The third-order valence-corrected chi connectivity index (χ3v) is 6.18. The molecule has 136 valence electrons. The third-order valence-electron chi connectivity index (χ3n) is 5.04. The average molecular weight is 372 g/mol. The van der Waals surface area contributed by atoms with Gasteiger partial charge >= 0.3 is 0 Å². The van der Waals surface area contributed by atoms with E-state index in [1.54, 1.807) is 0 Å². The van der Waals surface area contributed by atoms with Gasteiger partial charge in [-0.3, -0.25) is 0 Å². The molecule has 0 N–H and O–H groups in total. The SMILES string of the molecule is CC(C)c1cc(-c2cc3nc(-c4ccccc4)ccc3s2)cc(C(C)C)c1. The van der Waals surface area contributed by atoms with Crippen molar-refractivity contribution in [3.8, 4) is 21.7 Å². The number of thiophene rings is 1. The Morgan fingerprint density at radius 1 is 0.704 bits per heavy atom. The molecule has 2 aromatic heterocycles. The second-order valence-electron chi connectivity index (χ2n) is 7.75. The number of rotatable bonds is 4. The van der Waals surface area contributed by atoms with Crippen molar-refractivity contribution >= 4 is 21.6 Å². The summed E-state index contributed by atoms with van der Waals surface area (Å²) in [6, 6.07) is 24.0. The Balaban J connectivity index is 1.80. The van der Waals surface area contributed by atoms with E-state index in [4.69, 9.17) is 4.98 Å². The lowest BCUT2D eigenvalue weighted by atomic mass is 9.93. The molecule has 0 atom stereocenters. The van der Waals surface area contributed by atoms with E-state index in [0.717, 1.165) is 16.8 Å². The van der Waals surface area contributed by atoms with E-state index in [-0.39, 0.29) is 0 Å². The lowest BCUT2D eigenvalue weighted by Crippen LogP contribution is -1.94. The lowest BCUT2D eigenvalue weighted by molar-refractivity contribution is 0.835. The van der Waals surface area contributed by atoms with Crippen molar-refractivity contribution in [2.24, 2.45) is 0 Å². The van der Waals surface area contributed by atoms with Gasteiger partial charge in [-0.1, -0.05) is 76.2 Å². The summed E-state index contributed by atoms with van der Waals surface area (Å²) < 4.78 is 1.24. The third kappa shape index (κ3) is 3.68. The van der Waals surface area contributed by atoms with Gasteiger partial charge in [0.25, 0.3) is 0 Å². The summed E-state index contributed by atoms with van der Waals surface area (Å²) in [6.45, 7) is 9.06. The van der Waals surface area contributed by atoms with Crippen molar-refractivity contribution in [3.05, 3.63) is 77.9 Å². The molecular formula is C25H25NS. The molecule has 0 amide bonds. The van der Waals surface area contributed by atoms with E-state index < -0.39 is 0 Å². The van der Waals surface area contributed by atoms with Gasteiger partial charge in [0.05, 0.1) is 15.9 Å². The van der Waals surface area contributed by atoms with Crippen LogP contribution in [0, 0.1) is 0 Å². The summed E-state index contributed by atoms with van der Waals surface area (Å²) in [5.74, 6) is 1.05. The summed E-state index contributed by atoms with van der Waals surface area (Å²) in [4.78, 5) is 6.22. The topological polar surface area (TPSA) is 12.9 Å². The van der Waals surface area contributed by atoms with E-state index in [0.29, 0.717) is 11.8 Å². The van der Waals surface area contributed by atoms with Crippen molar-refractivity contribution in [1.82, 2.24) is 4.98 Å². The molecule has 27 heavy (non-hydrogen) atoms. The van der Waals surface area contributed by atoms with E-state index in [1.807, 2.05) is 17.4 Å². The van der Waals surface area contributed by atoms with Crippen LogP contribution >= 0.6 is 11.3 Å². The highest BCUT2D eigenvalue weighted by atomic mass is 32.1. The fraction of sp³-hybridized carbons (Fsp3) is 0.240. The minimum absolute atomic E-state index is 0.527. The highest BCUT2D eigenvalue weighted by Gasteiger charge is 2.12. The molecule has 0 aliphatic rings. The van der Waals surface area contributed by atoms with Gasteiger partial charge in [0.1, 0.15) is 0 Å². The Labute approximate surface area is 165 Å². The number of pyridine rings is 1. The van der Waals surface area contributed by atoms with Crippen LogP contribution in [0.4, 0.5) is 0 Å². The van der Waals surface area contributed by atoms with Crippen molar-refractivity contribution < 1.29 is 0 Å².